The minimum Gasteiger partial charge on any atom is -0.351 e. The Bertz CT molecular complexity index is 443. The molecule has 0 saturated carbocycles. The van der Waals surface area contributed by atoms with Crippen molar-refractivity contribution in [1.29, 1.82) is 0 Å². The lowest BCUT2D eigenvalue weighted by molar-refractivity contribution is 0.512. The summed E-state index contributed by atoms with van der Waals surface area (Å²) in [6, 6.07) is 0. The monoisotopic (exact) mass is 267 g/mol. The van der Waals surface area contributed by atoms with E-state index in [1.165, 1.54) is 12.8 Å². The predicted molar refractivity (Wildman–Crippen MR) is 76.4 cm³/mol. The summed E-state index contributed by atoms with van der Waals surface area (Å²) in [5.41, 5.74) is 1.18. The van der Waals surface area contributed by atoms with Crippen molar-refractivity contribution in [2.75, 3.05) is 11.4 Å². The summed E-state index contributed by atoms with van der Waals surface area (Å²) in [5.74, 6) is 1.90. The molecule has 0 spiro atoms. The van der Waals surface area contributed by atoms with Gasteiger partial charge in [-0.2, -0.15) is 0 Å². The third-order valence-corrected chi connectivity index (χ3v) is 4.11. The van der Waals surface area contributed by atoms with Gasteiger partial charge >= 0.3 is 0 Å². The molecule has 0 atom stereocenters. The Labute approximate surface area is 115 Å². The van der Waals surface area contributed by atoms with Gasteiger partial charge in [-0.1, -0.05) is 18.5 Å². The maximum absolute atomic E-state index is 6.25. The van der Waals surface area contributed by atoms with Crippen LogP contribution in [0, 0.1) is 6.92 Å². The lowest BCUT2D eigenvalue weighted by Gasteiger charge is -2.34. The minimum atomic E-state index is 0.173. The summed E-state index contributed by atoms with van der Waals surface area (Å²) in [4.78, 5) is 11.5. The van der Waals surface area contributed by atoms with Gasteiger partial charge in [0.2, 0.25) is 0 Å². The van der Waals surface area contributed by atoms with Crippen molar-refractivity contribution in [3.05, 3.63) is 16.5 Å². The van der Waals surface area contributed by atoms with Crippen LogP contribution in [0.2, 0.25) is 5.15 Å². The SMILES string of the molecule is CCCc1nc(Cl)c(C)c(N2CCCC2(C)C)n1. The second-order valence-corrected chi connectivity index (χ2v) is 6.05. The number of aryl methyl sites for hydroxylation is 1. The van der Waals surface area contributed by atoms with Gasteiger partial charge in [0.15, 0.2) is 0 Å². The fourth-order valence-electron chi connectivity index (χ4n) is 2.62. The Morgan fingerprint density at radius 2 is 2.06 bits per heavy atom. The molecule has 18 heavy (non-hydrogen) atoms. The molecule has 0 aromatic carbocycles. The molecule has 0 bridgehead atoms. The summed E-state index contributed by atoms with van der Waals surface area (Å²) >= 11 is 6.25. The molecule has 0 N–H and O–H groups in total. The molecule has 1 aromatic heterocycles. The van der Waals surface area contributed by atoms with Crippen molar-refractivity contribution in [1.82, 2.24) is 9.97 Å². The first-order chi connectivity index (χ1) is 8.45. The van der Waals surface area contributed by atoms with E-state index in [0.29, 0.717) is 5.15 Å². The lowest BCUT2D eigenvalue weighted by atomic mass is 10.0. The molecule has 4 heteroatoms. The summed E-state index contributed by atoms with van der Waals surface area (Å²) in [7, 11) is 0. The van der Waals surface area contributed by atoms with E-state index in [1.807, 2.05) is 6.92 Å². The van der Waals surface area contributed by atoms with E-state index < -0.39 is 0 Å². The van der Waals surface area contributed by atoms with Crippen LogP contribution in [0.1, 0.15) is 51.4 Å². The second kappa shape index (κ2) is 5.04. The maximum atomic E-state index is 6.25. The average molecular weight is 268 g/mol. The van der Waals surface area contributed by atoms with E-state index in [4.69, 9.17) is 16.6 Å². The Balaban J connectivity index is 2.43. The summed E-state index contributed by atoms with van der Waals surface area (Å²) in [6.45, 7) is 9.76. The number of hydrogen-bond acceptors (Lipinski definition) is 3. The number of rotatable bonds is 3. The predicted octanol–water partition coefficient (Wildman–Crippen LogP) is 3.77. The first kappa shape index (κ1) is 13.6. The van der Waals surface area contributed by atoms with Crippen LogP contribution < -0.4 is 4.90 Å². The zero-order chi connectivity index (χ0) is 13.3. The molecule has 1 fully saturated rings. The molecule has 1 aliphatic heterocycles. The highest BCUT2D eigenvalue weighted by Gasteiger charge is 2.34. The molecule has 0 aliphatic carbocycles. The number of anilines is 1. The highest BCUT2D eigenvalue weighted by Crippen LogP contribution is 2.35. The zero-order valence-electron chi connectivity index (χ0n) is 11.8. The van der Waals surface area contributed by atoms with E-state index in [-0.39, 0.29) is 5.54 Å². The van der Waals surface area contributed by atoms with E-state index in [1.54, 1.807) is 0 Å². The van der Waals surface area contributed by atoms with Crippen LogP contribution >= 0.6 is 11.6 Å². The molecular weight excluding hydrogens is 246 g/mol. The third kappa shape index (κ3) is 2.46. The first-order valence-corrected chi connectivity index (χ1v) is 7.14. The van der Waals surface area contributed by atoms with Crippen LogP contribution in [-0.4, -0.2) is 22.1 Å². The van der Waals surface area contributed by atoms with Gasteiger partial charge in [0.05, 0.1) is 0 Å². The number of halogens is 1. The maximum Gasteiger partial charge on any atom is 0.137 e. The molecule has 1 saturated heterocycles. The quantitative estimate of drug-likeness (QED) is 0.781. The Kier molecular flexibility index (Phi) is 3.81. The zero-order valence-corrected chi connectivity index (χ0v) is 12.5. The van der Waals surface area contributed by atoms with Crippen LogP contribution in [0.4, 0.5) is 5.82 Å². The number of aromatic nitrogens is 2. The third-order valence-electron chi connectivity index (χ3n) is 3.74. The Hall–Kier alpha value is -0.830. The second-order valence-electron chi connectivity index (χ2n) is 5.70. The van der Waals surface area contributed by atoms with Crippen molar-refractivity contribution in [2.45, 2.75) is 58.9 Å². The molecule has 0 unspecified atom stereocenters. The van der Waals surface area contributed by atoms with Crippen molar-refractivity contribution in [3.63, 3.8) is 0 Å². The van der Waals surface area contributed by atoms with Crippen molar-refractivity contribution in [3.8, 4) is 0 Å². The van der Waals surface area contributed by atoms with E-state index in [9.17, 15) is 0 Å². The summed E-state index contributed by atoms with van der Waals surface area (Å²) in [6.07, 6.45) is 4.36. The van der Waals surface area contributed by atoms with Crippen molar-refractivity contribution >= 4 is 17.4 Å². The van der Waals surface area contributed by atoms with Gasteiger partial charge < -0.3 is 4.90 Å². The number of hydrogen-bond donors (Lipinski definition) is 0. The van der Waals surface area contributed by atoms with Crippen LogP contribution in [-0.2, 0) is 6.42 Å². The molecule has 2 heterocycles. The molecule has 1 aromatic rings. The highest BCUT2D eigenvalue weighted by molar-refractivity contribution is 6.30. The average Bonchev–Trinajstić information content (AvgIpc) is 2.63. The van der Waals surface area contributed by atoms with Gasteiger partial charge in [-0.15, -0.1) is 0 Å². The largest absolute Gasteiger partial charge is 0.351 e. The fourth-order valence-corrected chi connectivity index (χ4v) is 2.80. The normalized spacial score (nSPS) is 18.4. The molecule has 3 nitrogen and oxygen atoms in total. The van der Waals surface area contributed by atoms with Gasteiger partial charge in [0, 0.05) is 24.1 Å². The molecule has 100 valence electrons. The van der Waals surface area contributed by atoms with Crippen LogP contribution in [0.25, 0.3) is 0 Å². The first-order valence-electron chi connectivity index (χ1n) is 6.76. The van der Waals surface area contributed by atoms with E-state index in [2.05, 4.69) is 30.7 Å². The molecule has 1 aliphatic rings. The summed E-state index contributed by atoms with van der Waals surface area (Å²) in [5, 5.41) is 0.603. The van der Waals surface area contributed by atoms with Gasteiger partial charge in [0.25, 0.3) is 0 Å². The molecule has 2 rings (SSSR count). The fraction of sp³-hybridized carbons (Fsp3) is 0.714. The standard InChI is InChI=1S/C14H22ClN3/c1-5-7-11-16-12(15)10(2)13(17-11)18-9-6-8-14(18,3)4/h5-9H2,1-4H3. The van der Waals surface area contributed by atoms with Gasteiger partial charge in [-0.25, -0.2) is 9.97 Å². The number of nitrogens with zero attached hydrogens (tertiary/aromatic N) is 3. The lowest BCUT2D eigenvalue weighted by Crippen LogP contribution is -2.39. The van der Waals surface area contributed by atoms with Gasteiger partial charge in [-0.05, 0) is 40.0 Å². The Morgan fingerprint density at radius 1 is 1.33 bits per heavy atom. The Morgan fingerprint density at radius 3 is 2.61 bits per heavy atom. The van der Waals surface area contributed by atoms with Crippen LogP contribution in [0.15, 0.2) is 0 Å². The molecule has 0 radical (unpaired) electrons. The minimum absolute atomic E-state index is 0.173. The topological polar surface area (TPSA) is 29.0 Å². The van der Waals surface area contributed by atoms with E-state index in [0.717, 1.165) is 36.6 Å². The molecular formula is C14H22ClN3. The van der Waals surface area contributed by atoms with Crippen molar-refractivity contribution in [2.24, 2.45) is 0 Å². The summed E-state index contributed by atoms with van der Waals surface area (Å²) < 4.78 is 0. The molecule has 0 amide bonds. The van der Waals surface area contributed by atoms with Gasteiger partial charge in [-0.3, -0.25) is 0 Å². The van der Waals surface area contributed by atoms with Crippen LogP contribution in [0.5, 0.6) is 0 Å². The van der Waals surface area contributed by atoms with Crippen molar-refractivity contribution < 1.29 is 0 Å². The highest BCUT2D eigenvalue weighted by atomic mass is 35.5. The van der Waals surface area contributed by atoms with Crippen LogP contribution in [0.3, 0.4) is 0 Å². The van der Waals surface area contributed by atoms with Gasteiger partial charge in [0.1, 0.15) is 16.8 Å². The smallest absolute Gasteiger partial charge is 0.137 e. The van der Waals surface area contributed by atoms with E-state index >= 15 is 0 Å².